The molecule has 142 valence electrons. The fraction of sp³-hybridized carbons (Fsp3) is 0.0556. The van der Waals surface area contributed by atoms with Gasteiger partial charge in [-0.15, -0.1) is 0 Å². The second kappa shape index (κ2) is 8.28. The maximum Gasteiger partial charge on any atom is 0.271 e. The molecule has 1 fully saturated rings. The number of hydrogen-bond donors (Lipinski definition) is 3. The number of rotatable bonds is 4. The zero-order valence-corrected chi connectivity index (χ0v) is 16.5. The molecule has 0 aromatic heterocycles. The zero-order chi connectivity index (χ0) is 20.3. The van der Waals surface area contributed by atoms with Crippen molar-refractivity contribution in [3.63, 3.8) is 0 Å². The van der Waals surface area contributed by atoms with Crippen molar-refractivity contribution >= 4 is 62.9 Å². The summed E-state index contributed by atoms with van der Waals surface area (Å²) in [6.07, 6.45) is 1.05. The highest BCUT2D eigenvalue weighted by atomic mass is 79.9. The number of phenols is 1. The van der Waals surface area contributed by atoms with Crippen LogP contribution in [0.5, 0.6) is 5.75 Å². The molecular weight excluding hydrogens is 448 g/mol. The highest BCUT2D eigenvalue weighted by Crippen LogP contribution is 2.22. The van der Waals surface area contributed by atoms with E-state index in [2.05, 4.69) is 31.8 Å². The number of thiocarbonyl (C=S) groups is 1. The number of nitrogens with zero attached hydrogens (tertiary/aromatic N) is 2. The highest BCUT2D eigenvalue weighted by Gasteiger charge is 2.38. The number of benzene rings is 2. The Labute approximate surface area is 173 Å². The molecule has 0 unspecified atom stereocenters. The highest BCUT2D eigenvalue weighted by molar-refractivity contribution is 9.10. The maximum atomic E-state index is 12.7. The minimum Gasteiger partial charge on any atom is -0.508 e. The second-order valence-electron chi connectivity index (χ2n) is 5.69. The number of phenolic OH excluding ortho intramolecular Hbond substituents is 1. The first-order valence-corrected chi connectivity index (χ1v) is 9.14. The molecule has 3 N–H and O–H groups in total. The number of hydrogen-bond acceptors (Lipinski definition) is 6. The lowest BCUT2D eigenvalue weighted by molar-refractivity contribution is -0.130. The van der Waals surface area contributed by atoms with Crippen LogP contribution in [0.4, 0.5) is 5.69 Å². The normalized spacial score (nSPS) is 17.0. The number of anilines is 1. The third-order valence-corrected chi connectivity index (χ3v) is 4.62. The van der Waals surface area contributed by atoms with Crippen LogP contribution in [0.25, 0.3) is 0 Å². The Morgan fingerprint density at radius 2 is 1.82 bits per heavy atom. The molecular formula is C18H13BrN4O4S. The van der Waals surface area contributed by atoms with Gasteiger partial charge in [0.2, 0.25) is 5.91 Å². The minimum absolute atomic E-state index is 0.0218. The predicted molar refractivity (Wildman–Crippen MR) is 110 cm³/mol. The SMILES string of the molecule is O=C(N/N=C\[C@H]1C(=O)NC(=S)N(c2ccc(Br)cc2)C1=O)c1ccc(O)cc1. The van der Waals surface area contributed by atoms with Gasteiger partial charge in [0.15, 0.2) is 11.0 Å². The molecule has 0 spiro atoms. The van der Waals surface area contributed by atoms with E-state index in [0.717, 1.165) is 10.7 Å². The molecule has 1 heterocycles. The molecule has 28 heavy (non-hydrogen) atoms. The lowest BCUT2D eigenvalue weighted by atomic mass is 10.1. The lowest BCUT2D eigenvalue weighted by Gasteiger charge is -2.30. The van der Waals surface area contributed by atoms with Gasteiger partial charge in [0.05, 0.1) is 5.69 Å². The first-order chi connectivity index (χ1) is 13.4. The van der Waals surface area contributed by atoms with Crippen molar-refractivity contribution < 1.29 is 19.5 Å². The lowest BCUT2D eigenvalue weighted by Crippen LogP contribution is -2.58. The Bertz CT molecular complexity index is 976. The summed E-state index contributed by atoms with van der Waals surface area (Å²) in [7, 11) is 0. The number of hydrazone groups is 1. The van der Waals surface area contributed by atoms with Gasteiger partial charge < -0.3 is 10.4 Å². The summed E-state index contributed by atoms with van der Waals surface area (Å²) in [6, 6.07) is 12.4. The molecule has 10 heteroatoms. The van der Waals surface area contributed by atoms with Crippen LogP contribution in [0, 0.1) is 5.92 Å². The molecule has 1 saturated heterocycles. The summed E-state index contributed by atoms with van der Waals surface area (Å²) in [5, 5.41) is 15.4. The van der Waals surface area contributed by atoms with Crippen molar-refractivity contribution in [2.75, 3.05) is 4.90 Å². The average Bonchev–Trinajstić information content (AvgIpc) is 2.66. The Kier molecular flexibility index (Phi) is 5.81. The van der Waals surface area contributed by atoms with E-state index in [4.69, 9.17) is 12.2 Å². The van der Waals surface area contributed by atoms with Gasteiger partial charge >= 0.3 is 0 Å². The molecule has 2 aromatic rings. The van der Waals surface area contributed by atoms with E-state index >= 15 is 0 Å². The van der Waals surface area contributed by atoms with Crippen LogP contribution < -0.4 is 15.6 Å². The van der Waals surface area contributed by atoms with Crippen molar-refractivity contribution in [1.82, 2.24) is 10.7 Å². The molecule has 3 amide bonds. The summed E-state index contributed by atoms with van der Waals surface area (Å²) >= 11 is 8.42. The molecule has 0 aliphatic carbocycles. The molecule has 0 saturated carbocycles. The smallest absolute Gasteiger partial charge is 0.271 e. The fourth-order valence-electron chi connectivity index (χ4n) is 2.40. The Hall–Kier alpha value is -3.11. The molecule has 0 radical (unpaired) electrons. The number of carbonyl (C=O) groups excluding carboxylic acids is 3. The third kappa shape index (κ3) is 4.24. The van der Waals surface area contributed by atoms with Crippen LogP contribution in [0.1, 0.15) is 10.4 Å². The van der Waals surface area contributed by atoms with Gasteiger partial charge in [-0.3, -0.25) is 19.3 Å². The van der Waals surface area contributed by atoms with E-state index in [1.54, 1.807) is 24.3 Å². The quantitative estimate of drug-likeness (QED) is 0.279. The van der Waals surface area contributed by atoms with Gasteiger partial charge in [-0.05, 0) is 60.7 Å². The monoisotopic (exact) mass is 460 g/mol. The number of aromatic hydroxyl groups is 1. The third-order valence-electron chi connectivity index (χ3n) is 3.81. The topological polar surface area (TPSA) is 111 Å². The average molecular weight is 461 g/mol. The van der Waals surface area contributed by atoms with E-state index in [1.165, 1.54) is 29.2 Å². The standard InChI is InChI=1S/C18H13BrN4O4S/c19-11-3-5-12(6-4-11)23-17(27)14(16(26)21-18(23)28)9-20-22-15(25)10-1-7-13(24)8-2-10/h1-9,14,24H,(H,22,25)(H,21,26,28)/b20-9-/t14-/m0/s1. The van der Waals surface area contributed by atoms with Gasteiger partial charge in [0.25, 0.3) is 11.8 Å². The predicted octanol–water partition coefficient (Wildman–Crippen LogP) is 1.93. The number of carbonyl (C=O) groups is 3. The van der Waals surface area contributed by atoms with E-state index < -0.39 is 23.6 Å². The number of halogens is 1. The Balaban J connectivity index is 1.74. The molecule has 1 aliphatic heterocycles. The zero-order valence-electron chi connectivity index (χ0n) is 14.1. The van der Waals surface area contributed by atoms with Gasteiger partial charge in [0, 0.05) is 16.3 Å². The summed E-state index contributed by atoms with van der Waals surface area (Å²) in [6.45, 7) is 0. The van der Waals surface area contributed by atoms with Crippen molar-refractivity contribution in [2.45, 2.75) is 0 Å². The van der Waals surface area contributed by atoms with E-state index in [0.29, 0.717) is 5.69 Å². The van der Waals surface area contributed by atoms with Crippen molar-refractivity contribution in [1.29, 1.82) is 0 Å². The van der Waals surface area contributed by atoms with E-state index in [1.807, 2.05) is 0 Å². The number of amides is 3. The van der Waals surface area contributed by atoms with Gasteiger partial charge in [-0.1, -0.05) is 15.9 Å². The second-order valence-corrected chi connectivity index (χ2v) is 6.99. The molecule has 1 atom stereocenters. The molecule has 8 nitrogen and oxygen atoms in total. The first kappa shape index (κ1) is 19.6. The van der Waals surface area contributed by atoms with Gasteiger partial charge in [-0.2, -0.15) is 5.10 Å². The largest absolute Gasteiger partial charge is 0.508 e. The van der Waals surface area contributed by atoms with E-state index in [9.17, 15) is 19.5 Å². The van der Waals surface area contributed by atoms with Crippen LogP contribution in [0.15, 0.2) is 58.1 Å². The van der Waals surface area contributed by atoms with E-state index in [-0.39, 0.29) is 16.4 Å². The summed E-state index contributed by atoms with van der Waals surface area (Å²) in [5.41, 5.74) is 2.99. The number of nitrogens with one attached hydrogen (secondary N) is 2. The Morgan fingerprint density at radius 1 is 1.18 bits per heavy atom. The van der Waals surface area contributed by atoms with Crippen LogP contribution in [0.3, 0.4) is 0 Å². The molecule has 3 rings (SSSR count). The molecule has 0 bridgehead atoms. The van der Waals surface area contributed by atoms with Gasteiger partial charge in [0.1, 0.15) is 5.75 Å². The van der Waals surface area contributed by atoms with Gasteiger partial charge in [-0.25, -0.2) is 5.43 Å². The van der Waals surface area contributed by atoms with Crippen LogP contribution in [-0.2, 0) is 9.59 Å². The maximum absolute atomic E-state index is 12.7. The summed E-state index contributed by atoms with van der Waals surface area (Å²) < 4.78 is 0.825. The van der Waals surface area contributed by atoms with Crippen molar-refractivity contribution in [3.8, 4) is 5.75 Å². The van der Waals surface area contributed by atoms with Crippen LogP contribution in [-0.4, -0.2) is 34.2 Å². The van der Waals surface area contributed by atoms with Crippen LogP contribution in [0.2, 0.25) is 0 Å². The fourth-order valence-corrected chi connectivity index (χ4v) is 2.96. The molecule has 1 aliphatic rings. The summed E-state index contributed by atoms with van der Waals surface area (Å²) in [5.74, 6) is -3.01. The first-order valence-electron chi connectivity index (χ1n) is 7.94. The van der Waals surface area contributed by atoms with Crippen LogP contribution >= 0.6 is 28.1 Å². The Morgan fingerprint density at radius 3 is 2.46 bits per heavy atom. The van der Waals surface area contributed by atoms with Crippen molar-refractivity contribution in [2.24, 2.45) is 11.0 Å². The minimum atomic E-state index is -1.25. The summed E-state index contributed by atoms with van der Waals surface area (Å²) in [4.78, 5) is 38.1. The molecule has 2 aromatic carbocycles. The van der Waals surface area contributed by atoms with Crippen molar-refractivity contribution in [3.05, 3.63) is 58.6 Å².